The summed E-state index contributed by atoms with van der Waals surface area (Å²) >= 11 is 0. The highest BCUT2D eigenvalue weighted by Gasteiger charge is 2.34. The van der Waals surface area contributed by atoms with Crippen LogP contribution in [-0.4, -0.2) is 116 Å². The largest absolute Gasteiger partial charge is 0.465 e. The average Bonchev–Trinajstić information content (AvgIpc) is 2.81. The predicted octanol–water partition coefficient (Wildman–Crippen LogP) is -0.211. The third-order valence-electron chi connectivity index (χ3n) is 4.27. The van der Waals surface area contributed by atoms with Crippen LogP contribution < -0.4 is 5.32 Å². The minimum Gasteiger partial charge on any atom is -0.465 e. The zero-order valence-electron chi connectivity index (χ0n) is 23.5. The quantitative estimate of drug-likeness (QED) is 0.158. The van der Waals surface area contributed by atoms with Gasteiger partial charge in [0.15, 0.2) is 0 Å². The summed E-state index contributed by atoms with van der Waals surface area (Å²) in [5.41, 5.74) is -1.02. The second-order valence-corrected chi connectivity index (χ2v) is 8.70. The molecule has 0 radical (unpaired) electrons. The monoisotopic (exact) mass is 561 g/mol. The van der Waals surface area contributed by atoms with Crippen molar-refractivity contribution in [3.05, 3.63) is 0 Å². The Kier molecular flexibility index (Phi) is 15.8. The molecule has 1 N–H and O–H groups in total. The van der Waals surface area contributed by atoms with E-state index in [0.29, 0.717) is 4.90 Å². The normalized spacial score (nSPS) is 10.7. The first-order valence-electron chi connectivity index (χ1n) is 12.4. The summed E-state index contributed by atoms with van der Waals surface area (Å²) in [4.78, 5) is 88.6. The van der Waals surface area contributed by atoms with Gasteiger partial charge in [-0.2, -0.15) is 0 Å². The summed E-state index contributed by atoms with van der Waals surface area (Å²) in [6, 6.07) is -1.82. The van der Waals surface area contributed by atoms with Gasteiger partial charge in [0.25, 0.3) is 0 Å². The van der Waals surface area contributed by atoms with Crippen LogP contribution in [0.3, 0.4) is 0 Å². The molecule has 0 aromatic rings. The number of hydrogen-bond acceptors (Lipinski definition) is 12. The van der Waals surface area contributed by atoms with Crippen LogP contribution in [0.2, 0.25) is 0 Å². The van der Waals surface area contributed by atoms with Gasteiger partial charge >= 0.3 is 30.0 Å². The number of nitrogens with one attached hydrogen (secondary N) is 1. The summed E-state index contributed by atoms with van der Waals surface area (Å²) in [5, 5.41) is 2.12. The van der Waals surface area contributed by atoms with Crippen LogP contribution in [0.1, 0.15) is 48.5 Å². The Bertz CT molecular complexity index is 846. The van der Waals surface area contributed by atoms with Crippen molar-refractivity contribution in [2.75, 3.05) is 52.6 Å². The number of nitrogens with zero attached hydrogens (tertiary/aromatic N) is 2. The van der Waals surface area contributed by atoms with E-state index in [9.17, 15) is 33.6 Å². The van der Waals surface area contributed by atoms with Gasteiger partial charge in [0.1, 0.15) is 31.8 Å². The Hall–Kier alpha value is -3.91. The molecule has 39 heavy (non-hydrogen) atoms. The molecule has 0 atom stereocenters. The smallest absolute Gasteiger partial charge is 0.411 e. The van der Waals surface area contributed by atoms with Gasteiger partial charge < -0.3 is 33.9 Å². The summed E-state index contributed by atoms with van der Waals surface area (Å²) < 4.78 is 24.5. The minimum atomic E-state index is -1.82. The summed E-state index contributed by atoms with van der Waals surface area (Å²) in [6.07, 6.45) is -1.10. The maximum absolute atomic E-state index is 13.1. The number of rotatable bonds is 15. The molecule has 0 saturated heterocycles. The molecule has 0 spiro atoms. The third-order valence-corrected chi connectivity index (χ3v) is 4.27. The second kappa shape index (κ2) is 17.6. The van der Waals surface area contributed by atoms with E-state index in [0.717, 1.165) is 4.90 Å². The van der Waals surface area contributed by atoms with Crippen molar-refractivity contribution in [3.63, 3.8) is 0 Å². The molecule has 0 aromatic carbocycles. The van der Waals surface area contributed by atoms with Gasteiger partial charge in [0.05, 0.1) is 26.4 Å². The lowest BCUT2D eigenvalue weighted by atomic mass is 10.2. The fourth-order valence-corrected chi connectivity index (χ4v) is 2.78. The van der Waals surface area contributed by atoms with Crippen molar-refractivity contribution in [2.45, 2.75) is 60.1 Å². The Balaban J connectivity index is 5.94. The molecule has 15 heteroatoms. The average molecular weight is 562 g/mol. The molecule has 0 fully saturated rings. The standard InChI is InChI=1S/C24H39N3O12/c1-8-35-18(30)14-26(15-19(31)36-9-2)17(29)13-27(23(34)39-24(5,6)7)12-16(28)25-20(21(32)37-10-3)22(33)38-11-4/h20H,8-15H2,1-7H3,(H,25,28). The Morgan fingerprint density at radius 1 is 0.641 bits per heavy atom. The highest BCUT2D eigenvalue weighted by Crippen LogP contribution is 2.11. The van der Waals surface area contributed by atoms with Crippen molar-refractivity contribution < 1.29 is 57.2 Å². The van der Waals surface area contributed by atoms with Gasteiger partial charge in [-0.05, 0) is 48.5 Å². The lowest BCUT2D eigenvalue weighted by Gasteiger charge is -2.29. The zero-order chi connectivity index (χ0) is 30.2. The van der Waals surface area contributed by atoms with Crippen LogP contribution in [0.15, 0.2) is 0 Å². The summed E-state index contributed by atoms with van der Waals surface area (Å²) in [5.74, 6) is -5.74. The van der Waals surface area contributed by atoms with Gasteiger partial charge in [-0.25, -0.2) is 14.4 Å². The Morgan fingerprint density at radius 2 is 1.08 bits per heavy atom. The molecule has 0 aliphatic heterocycles. The SMILES string of the molecule is CCOC(=O)CN(CC(=O)OCC)C(=O)CN(CC(=O)NC(C(=O)OCC)C(=O)OCC)C(=O)OC(C)(C)C. The van der Waals surface area contributed by atoms with E-state index in [4.69, 9.17) is 23.7 Å². The molecule has 0 aliphatic rings. The van der Waals surface area contributed by atoms with Crippen LogP contribution in [0, 0.1) is 0 Å². The van der Waals surface area contributed by atoms with Crippen LogP contribution in [0.4, 0.5) is 4.79 Å². The number of carbonyl (C=O) groups is 7. The van der Waals surface area contributed by atoms with Crippen molar-refractivity contribution in [3.8, 4) is 0 Å². The zero-order valence-corrected chi connectivity index (χ0v) is 23.5. The van der Waals surface area contributed by atoms with E-state index in [1.807, 2.05) is 0 Å². The summed E-state index contributed by atoms with van der Waals surface area (Å²) in [6.45, 7) is 7.71. The van der Waals surface area contributed by atoms with Crippen molar-refractivity contribution in [1.29, 1.82) is 0 Å². The highest BCUT2D eigenvalue weighted by atomic mass is 16.6. The molecular weight excluding hydrogens is 522 g/mol. The van der Waals surface area contributed by atoms with Crippen molar-refractivity contribution in [2.24, 2.45) is 0 Å². The fourth-order valence-electron chi connectivity index (χ4n) is 2.78. The van der Waals surface area contributed by atoms with E-state index >= 15 is 0 Å². The molecule has 0 bridgehead atoms. The minimum absolute atomic E-state index is 0.0204. The molecule has 0 rings (SSSR count). The molecule has 3 amide bonds. The first kappa shape index (κ1) is 35.1. The lowest BCUT2D eigenvalue weighted by molar-refractivity contribution is -0.159. The van der Waals surface area contributed by atoms with Crippen LogP contribution in [-0.2, 0) is 52.5 Å². The third kappa shape index (κ3) is 14.6. The molecule has 0 unspecified atom stereocenters. The number of carbonyl (C=O) groups excluding carboxylic acids is 7. The topological polar surface area (TPSA) is 184 Å². The molecule has 0 heterocycles. The number of esters is 4. The van der Waals surface area contributed by atoms with Crippen LogP contribution in [0.5, 0.6) is 0 Å². The van der Waals surface area contributed by atoms with Gasteiger partial charge in [0, 0.05) is 0 Å². The van der Waals surface area contributed by atoms with Gasteiger partial charge in [-0.15, -0.1) is 0 Å². The molecule has 15 nitrogen and oxygen atoms in total. The highest BCUT2D eigenvalue weighted by molar-refractivity contribution is 6.03. The van der Waals surface area contributed by atoms with Crippen LogP contribution in [0.25, 0.3) is 0 Å². The van der Waals surface area contributed by atoms with Gasteiger partial charge in [0.2, 0.25) is 17.9 Å². The fraction of sp³-hybridized carbons (Fsp3) is 0.708. The van der Waals surface area contributed by atoms with E-state index in [-0.39, 0.29) is 26.4 Å². The van der Waals surface area contributed by atoms with Crippen molar-refractivity contribution >= 4 is 41.8 Å². The molecule has 0 saturated carbocycles. The first-order valence-corrected chi connectivity index (χ1v) is 12.4. The van der Waals surface area contributed by atoms with Gasteiger partial charge in [-0.3, -0.25) is 24.1 Å². The maximum atomic E-state index is 13.1. The molecule has 0 aromatic heterocycles. The van der Waals surface area contributed by atoms with Crippen LogP contribution >= 0.6 is 0 Å². The number of ether oxygens (including phenoxy) is 5. The second-order valence-electron chi connectivity index (χ2n) is 8.70. The predicted molar refractivity (Wildman–Crippen MR) is 133 cm³/mol. The first-order chi connectivity index (χ1) is 18.2. The number of amides is 3. The molecule has 222 valence electrons. The molecule has 0 aliphatic carbocycles. The number of hydrogen-bond donors (Lipinski definition) is 1. The van der Waals surface area contributed by atoms with E-state index in [2.05, 4.69) is 5.32 Å². The van der Waals surface area contributed by atoms with Crippen molar-refractivity contribution in [1.82, 2.24) is 15.1 Å². The van der Waals surface area contributed by atoms with E-state index in [1.54, 1.807) is 34.6 Å². The molecular formula is C24H39N3O12. The maximum Gasteiger partial charge on any atom is 0.411 e. The summed E-state index contributed by atoms with van der Waals surface area (Å²) in [7, 11) is 0. The lowest BCUT2D eigenvalue weighted by Crippen LogP contribution is -2.54. The Morgan fingerprint density at radius 3 is 1.46 bits per heavy atom. The van der Waals surface area contributed by atoms with E-state index < -0.39 is 79.6 Å². The van der Waals surface area contributed by atoms with Gasteiger partial charge in [-0.1, -0.05) is 0 Å². The van der Waals surface area contributed by atoms with E-state index in [1.165, 1.54) is 13.8 Å². The Labute approximate surface area is 227 Å².